The smallest absolute Gasteiger partial charge is 0.158 e. The number of carbonyl (C=O) groups excluding carboxylic acids is 1. The molecule has 1 aliphatic heterocycles. The third-order valence-electron chi connectivity index (χ3n) is 2.67. The van der Waals surface area contributed by atoms with Crippen LogP contribution in [0.1, 0.15) is 30.1 Å². The Morgan fingerprint density at radius 2 is 2.40 bits per heavy atom. The molecule has 1 fully saturated rings. The van der Waals surface area contributed by atoms with Crippen LogP contribution in [0.4, 0.5) is 0 Å². The molecule has 0 saturated carbocycles. The van der Waals surface area contributed by atoms with Gasteiger partial charge in [-0.1, -0.05) is 12.1 Å². The average Bonchev–Trinajstić information content (AvgIpc) is 2.65. The number of ether oxygens (including phenoxy) is 1. The number of nitrogens with one attached hydrogen (secondary N) is 1. The lowest BCUT2D eigenvalue weighted by Gasteiger charge is -2.26. The number of carbonyl (C=O) groups is 1. The summed E-state index contributed by atoms with van der Waals surface area (Å²) in [5, 5.41) is 3.31. The van der Waals surface area contributed by atoms with Crippen molar-refractivity contribution in [1.29, 1.82) is 0 Å². The highest BCUT2D eigenvalue weighted by molar-refractivity contribution is 5.75. The fraction of sp³-hybridized carbons (Fsp3) is 0.417. The summed E-state index contributed by atoms with van der Waals surface area (Å²) < 4.78 is 5.84. The van der Waals surface area contributed by atoms with Crippen LogP contribution in [-0.4, -0.2) is 18.6 Å². The van der Waals surface area contributed by atoms with Crippen molar-refractivity contribution in [2.75, 3.05) is 6.54 Å². The lowest BCUT2D eigenvalue weighted by Crippen LogP contribution is -2.42. The predicted octanol–water partition coefficient (Wildman–Crippen LogP) is 1.98. The van der Waals surface area contributed by atoms with Gasteiger partial charge in [0.2, 0.25) is 0 Å². The number of benzene rings is 1. The van der Waals surface area contributed by atoms with Crippen LogP contribution in [0.2, 0.25) is 0 Å². The molecule has 1 aliphatic rings. The molecule has 3 nitrogen and oxygen atoms in total. The molecule has 15 heavy (non-hydrogen) atoms. The van der Waals surface area contributed by atoms with Gasteiger partial charge in [0.15, 0.2) is 5.72 Å². The Morgan fingerprint density at radius 3 is 3.07 bits per heavy atom. The molecule has 1 aromatic rings. The van der Waals surface area contributed by atoms with Crippen molar-refractivity contribution in [2.45, 2.75) is 25.5 Å². The van der Waals surface area contributed by atoms with Crippen molar-refractivity contribution in [2.24, 2.45) is 0 Å². The highest BCUT2D eigenvalue weighted by Gasteiger charge is 2.29. The van der Waals surface area contributed by atoms with E-state index in [2.05, 4.69) is 5.32 Å². The molecule has 1 saturated heterocycles. The zero-order valence-electron chi connectivity index (χ0n) is 8.82. The first-order valence-electron chi connectivity index (χ1n) is 5.21. The Hall–Kier alpha value is -1.35. The van der Waals surface area contributed by atoms with Crippen LogP contribution in [-0.2, 0) is 0 Å². The monoisotopic (exact) mass is 205 g/mol. The molecule has 1 atom stereocenters. The van der Waals surface area contributed by atoms with Crippen molar-refractivity contribution in [3.05, 3.63) is 29.8 Å². The maximum absolute atomic E-state index is 10.6. The zero-order valence-corrected chi connectivity index (χ0v) is 8.82. The summed E-state index contributed by atoms with van der Waals surface area (Å²) in [5.74, 6) is 0.747. The molecule has 0 unspecified atom stereocenters. The van der Waals surface area contributed by atoms with Crippen molar-refractivity contribution >= 4 is 6.29 Å². The third kappa shape index (κ3) is 2.36. The van der Waals surface area contributed by atoms with E-state index < -0.39 is 0 Å². The first-order valence-corrected chi connectivity index (χ1v) is 5.21. The van der Waals surface area contributed by atoms with E-state index in [1.54, 1.807) is 12.1 Å². The summed E-state index contributed by atoms with van der Waals surface area (Å²) in [6, 6.07) is 7.23. The molecular formula is C12H15NO2. The number of rotatable bonds is 3. The molecule has 3 heteroatoms. The lowest BCUT2D eigenvalue weighted by molar-refractivity contribution is 0.0731. The Labute approximate surface area is 89.4 Å². The number of aldehydes is 1. The molecule has 1 N–H and O–H groups in total. The normalized spacial score (nSPS) is 25.1. The molecule has 0 amide bonds. The van der Waals surface area contributed by atoms with E-state index >= 15 is 0 Å². The van der Waals surface area contributed by atoms with Crippen molar-refractivity contribution < 1.29 is 9.53 Å². The Kier molecular flexibility index (Phi) is 2.73. The SMILES string of the molecule is C[C@@]1(Oc2cccc(C=O)c2)CCCN1. The second-order valence-electron chi connectivity index (χ2n) is 4.05. The van der Waals surface area contributed by atoms with E-state index in [0.717, 1.165) is 31.4 Å². The van der Waals surface area contributed by atoms with Crippen LogP contribution in [0.25, 0.3) is 0 Å². The average molecular weight is 205 g/mol. The minimum atomic E-state index is -0.276. The first-order chi connectivity index (χ1) is 7.22. The molecule has 1 heterocycles. The van der Waals surface area contributed by atoms with Crippen LogP contribution in [0.3, 0.4) is 0 Å². The maximum atomic E-state index is 10.6. The minimum Gasteiger partial charge on any atom is -0.473 e. The van der Waals surface area contributed by atoms with Gasteiger partial charge in [-0.05, 0) is 32.0 Å². The fourth-order valence-electron chi connectivity index (χ4n) is 1.87. The van der Waals surface area contributed by atoms with Gasteiger partial charge in [-0.2, -0.15) is 0 Å². The van der Waals surface area contributed by atoms with E-state index in [4.69, 9.17) is 4.74 Å². The summed E-state index contributed by atoms with van der Waals surface area (Å²) in [6.45, 7) is 3.03. The summed E-state index contributed by atoms with van der Waals surface area (Å²) in [4.78, 5) is 10.6. The molecule has 2 rings (SSSR count). The molecule has 80 valence electrons. The van der Waals surface area contributed by atoms with Gasteiger partial charge >= 0.3 is 0 Å². The molecular weight excluding hydrogens is 190 g/mol. The molecule has 0 aliphatic carbocycles. The van der Waals surface area contributed by atoms with Gasteiger partial charge in [0.1, 0.15) is 12.0 Å². The van der Waals surface area contributed by atoms with E-state index in [9.17, 15) is 4.79 Å². The lowest BCUT2D eigenvalue weighted by atomic mass is 10.2. The number of hydrogen-bond acceptors (Lipinski definition) is 3. The van der Waals surface area contributed by atoms with Crippen LogP contribution in [0.5, 0.6) is 5.75 Å². The maximum Gasteiger partial charge on any atom is 0.158 e. The van der Waals surface area contributed by atoms with Gasteiger partial charge in [0.05, 0.1) is 0 Å². The summed E-state index contributed by atoms with van der Waals surface area (Å²) >= 11 is 0. The Bertz CT molecular complexity index is 356. The van der Waals surface area contributed by atoms with Gasteiger partial charge in [0, 0.05) is 12.0 Å². The fourth-order valence-corrected chi connectivity index (χ4v) is 1.87. The molecule has 1 aromatic carbocycles. The summed E-state index contributed by atoms with van der Waals surface area (Å²) in [5.41, 5.74) is 0.371. The first kappa shape index (κ1) is 10.2. The van der Waals surface area contributed by atoms with Crippen LogP contribution in [0, 0.1) is 0 Å². The van der Waals surface area contributed by atoms with Gasteiger partial charge in [-0.3, -0.25) is 10.1 Å². The van der Waals surface area contributed by atoms with Gasteiger partial charge in [-0.15, -0.1) is 0 Å². The van der Waals surface area contributed by atoms with Crippen LogP contribution in [0.15, 0.2) is 24.3 Å². The summed E-state index contributed by atoms with van der Waals surface area (Å²) in [6.07, 6.45) is 2.96. The minimum absolute atomic E-state index is 0.276. The van der Waals surface area contributed by atoms with Gasteiger partial charge in [-0.25, -0.2) is 0 Å². The standard InChI is InChI=1S/C12H15NO2/c1-12(6-3-7-13-12)15-11-5-2-4-10(8-11)9-14/h2,4-5,8-9,13H,3,6-7H2,1H3/t12-/m1/s1. The number of hydrogen-bond donors (Lipinski definition) is 1. The Morgan fingerprint density at radius 1 is 1.53 bits per heavy atom. The molecule has 0 bridgehead atoms. The molecule has 0 radical (unpaired) electrons. The highest BCUT2D eigenvalue weighted by atomic mass is 16.5. The van der Waals surface area contributed by atoms with Crippen molar-refractivity contribution in [1.82, 2.24) is 5.32 Å². The van der Waals surface area contributed by atoms with Gasteiger partial charge < -0.3 is 4.74 Å². The van der Waals surface area contributed by atoms with E-state index in [1.807, 2.05) is 19.1 Å². The van der Waals surface area contributed by atoms with E-state index in [-0.39, 0.29) is 5.72 Å². The summed E-state index contributed by atoms with van der Waals surface area (Å²) in [7, 11) is 0. The second kappa shape index (κ2) is 4.03. The highest BCUT2D eigenvalue weighted by Crippen LogP contribution is 2.24. The zero-order chi connectivity index (χ0) is 10.7. The topological polar surface area (TPSA) is 38.3 Å². The Balaban J connectivity index is 2.12. The van der Waals surface area contributed by atoms with E-state index in [0.29, 0.717) is 5.56 Å². The van der Waals surface area contributed by atoms with Crippen LogP contribution >= 0.6 is 0 Å². The quantitative estimate of drug-likeness (QED) is 0.767. The second-order valence-corrected chi connectivity index (χ2v) is 4.05. The largest absolute Gasteiger partial charge is 0.473 e. The van der Waals surface area contributed by atoms with Crippen molar-refractivity contribution in [3.8, 4) is 5.75 Å². The van der Waals surface area contributed by atoms with Crippen LogP contribution < -0.4 is 10.1 Å². The predicted molar refractivity (Wildman–Crippen MR) is 58.1 cm³/mol. The van der Waals surface area contributed by atoms with Gasteiger partial charge in [0.25, 0.3) is 0 Å². The van der Waals surface area contributed by atoms with E-state index in [1.165, 1.54) is 0 Å². The molecule has 0 aromatic heterocycles. The third-order valence-corrected chi connectivity index (χ3v) is 2.67. The molecule has 0 spiro atoms. The van der Waals surface area contributed by atoms with Crippen molar-refractivity contribution in [3.63, 3.8) is 0 Å².